The minimum Gasteiger partial charge on any atom is -0.484 e. The van der Waals surface area contributed by atoms with E-state index in [1.807, 2.05) is 0 Å². The molecule has 11 heteroatoms. The number of hydrogen-bond donors (Lipinski definition) is 2. The van der Waals surface area contributed by atoms with Gasteiger partial charge in [-0.05, 0) is 49.6 Å². The normalized spacial score (nSPS) is 17.2. The quantitative estimate of drug-likeness (QED) is 0.605. The summed E-state index contributed by atoms with van der Waals surface area (Å²) in [6.45, 7) is 0.0336. The lowest BCUT2D eigenvalue weighted by Gasteiger charge is -2.35. The molecule has 1 unspecified atom stereocenters. The molecule has 1 aromatic carbocycles. The summed E-state index contributed by atoms with van der Waals surface area (Å²) in [7, 11) is 0. The molecule has 7 nitrogen and oxygen atoms in total. The number of anilines is 1. The molecule has 0 aliphatic carbocycles. The van der Waals surface area contributed by atoms with Crippen LogP contribution in [0.15, 0.2) is 30.3 Å². The lowest BCUT2D eigenvalue weighted by atomic mass is 9.97. The SMILES string of the molecule is Nc1[nH]nc2nc(C3CCCCN3C(=O)COc3ccc(F)cc3)cc(C(F)(F)F)c12. The van der Waals surface area contributed by atoms with E-state index in [4.69, 9.17) is 10.5 Å². The number of amides is 1. The molecule has 1 aliphatic heterocycles. The van der Waals surface area contributed by atoms with Gasteiger partial charge in [-0.2, -0.15) is 18.3 Å². The number of hydrogen-bond acceptors (Lipinski definition) is 5. The second-order valence-corrected chi connectivity index (χ2v) is 7.27. The van der Waals surface area contributed by atoms with Crippen molar-refractivity contribution in [1.29, 1.82) is 0 Å². The lowest BCUT2D eigenvalue weighted by Crippen LogP contribution is -2.41. The van der Waals surface area contributed by atoms with Gasteiger partial charge in [-0.15, -0.1) is 0 Å². The summed E-state index contributed by atoms with van der Waals surface area (Å²) in [6.07, 6.45) is -2.76. The Bertz CT molecular complexity index is 1100. The molecule has 3 heterocycles. The van der Waals surface area contributed by atoms with E-state index < -0.39 is 29.5 Å². The summed E-state index contributed by atoms with van der Waals surface area (Å²) < 4.78 is 59.4. The number of alkyl halides is 3. The number of nitrogens with zero attached hydrogens (tertiary/aromatic N) is 3. The summed E-state index contributed by atoms with van der Waals surface area (Å²) in [5.74, 6) is -0.735. The number of aromatic amines is 1. The lowest BCUT2D eigenvalue weighted by molar-refractivity contribution is -0.137. The molecule has 1 atom stereocenters. The Labute approximate surface area is 174 Å². The largest absolute Gasteiger partial charge is 0.484 e. The molecule has 0 radical (unpaired) electrons. The predicted molar refractivity (Wildman–Crippen MR) is 104 cm³/mol. The third kappa shape index (κ3) is 4.25. The molecule has 0 spiro atoms. The third-order valence-electron chi connectivity index (χ3n) is 5.22. The molecule has 31 heavy (non-hydrogen) atoms. The fourth-order valence-electron chi connectivity index (χ4n) is 3.76. The standard InChI is InChI=1S/C20H19F4N5O2/c21-11-4-6-12(7-5-11)31-10-16(30)29-8-2-1-3-15(29)14-9-13(20(22,23)24)17-18(25)27-28-19(17)26-14/h4-7,9,15H,1-3,8,10H2,(H3,25,26,27,28). The summed E-state index contributed by atoms with van der Waals surface area (Å²) in [4.78, 5) is 18.5. The minimum atomic E-state index is -4.66. The molecule has 2 aromatic heterocycles. The number of ether oxygens (including phenoxy) is 1. The van der Waals surface area contributed by atoms with Gasteiger partial charge in [0.2, 0.25) is 0 Å². The van der Waals surface area contributed by atoms with Crippen molar-refractivity contribution >= 4 is 22.8 Å². The van der Waals surface area contributed by atoms with Crippen LogP contribution in [0.4, 0.5) is 23.4 Å². The van der Waals surface area contributed by atoms with Gasteiger partial charge < -0.3 is 15.4 Å². The number of nitrogen functional groups attached to an aromatic ring is 1. The smallest absolute Gasteiger partial charge is 0.417 e. The fraction of sp³-hybridized carbons (Fsp3) is 0.350. The molecule has 1 amide bonds. The Morgan fingerprint density at radius 2 is 2.00 bits per heavy atom. The van der Waals surface area contributed by atoms with E-state index >= 15 is 0 Å². The van der Waals surface area contributed by atoms with Crippen molar-refractivity contribution in [3.63, 3.8) is 0 Å². The Kier molecular flexibility index (Phi) is 5.42. The second-order valence-electron chi connectivity index (χ2n) is 7.27. The second kappa shape index (κ2) is 8.05. The van der Waals surface area contributed by atoms with Crippen LogP contribution < -0.4 is 10.5 Å². The molecule has 0 bridgehead atoms. The first-order valence-corrected chi connectivity index (χ1v) is 9.63. The monoisotopic (exact) mass is 437 g/mol. The number of nitrogens with two attached hydrogens (primary N) is 1. The maximum absolute atomic E-state index is 13.7. The molecule has 3 N–H and O–H groups in total. The van der Waals surface area contributed by atoms with Gasteiger partial charge in [0.05, 0.1) is 22.7 Å². The van der Waals surface area contributed by atoms with E-state index in [1.165, 1.54) is 29.2 Å². The summed E-state index contributed by atoms with van der Waals surface area (Å²) in [6, 6.07) is 5.48. The van der Waals surface area contributed by atoms with Crippen LogP contribution in [-0.2, 0) is 11.0 Å². The van der Waals surface area contributed by atoms with E-state index in [0.29, 0.717) is 25.1 Å². The Hall–Kier alpha value is -3.37. The van der Waals surface area contributed by atoms with Crippen LogP contribution in [0.1, 0.15) is 36.6 Å². The zero-order valence-electron chi connectivity index (χ0n) is 16.2. The van der Waals surface area contributed by atoms with Crippen molar-refractivity contribution < 1.29 is 27.1 Å². The number of fused-ring (bicyclic) bond motifs is 1. The molecule has 1 fully saturated rings. The summed E-state index contributed by atoms with van der Waals surface area (Å²) in [5, 5.41) is 5.83. The number of carbonyl (C=O) groups excluding carboxylic acids is 1. The average molecular weight is 437 g/mol. The molecule has 3 aromatic rings. The molecule has 0 saturated carbocycles. The van der Waals surface area contributed by atoms with Gasteiger partial charge in [-0.3, -0.25) is 9.89 Å². The van der Waals surface area contributed by atoms with Crippen molar-refractivity contribution in [2.75, 3.05) is 18.9 Å². The van der Waals surface area contributed by atoms with Crippen LogP contribution in [0.25, 0.3) is 11.0 Å². The number of pyridine rings is 1. The molecule has 4 rings (SSSR count). The number of H-pyrrole nitrogens is 1. The number of aromatic nitrogens is 3. The first-order valence-electron chi connectivity index (χ1n) is 9.63. The Morgan fingerprint density at radius 3 is 2.71 bits per heavy atom. The fourth-order valence-corrected chi connectivity index (χ4v) is 3.76. The van der Waals surface area contributed by atoms with Gasteiger partial charge in [-0.25, -0.2) is 9.37 Å². The van der Waals surface area contributed by atoms with Crippen molar-refractivity contribution in [1.82, 2.24) is 20.1 Å². The van der Waals surface area contributed by atoms with E-state index in [0.717, 1.165) is 12.5 Å². The maximum atomic E-state index is 13.7. The average Bonchev–Trinajstić information content (AvgIpc) is 3.12. The molecular formula is C20H19F4N5O2. The first kappa shape index (κ1) is 20.9. The van der Waals surface area contributed by atoms with Crippen LogP contribution in [0.2, 0.25) is 0 Å². The summed E-state index contributed by atoms with van der Waals surface area (Å²) in [5.41, 5.74) is 4.62. The first-order chi connectivity index (χ1) is 14.7. The van der Waals surface area contributed by atoms with Crippen LogP contribution in [0, 0.1) is 5.82 Å². The Balaban J connectivity index is 1.61. The molecule has 1 saturated heterocycles. The van der Waals surface area contributed by atoms with Gasteiger partial charge in [0.25, 0.3) is 5.91 Å². The Morgan fingerprint density at radius 1 is 1.26 bits per heavy atom. The zero-order chi connectivity index (χ0) is 22.2. The van der Waals surface area contributed by atoms with E-state index in [9.17, 15) is 22.4 Å². The highest BCUT2D eigenvalue weighted by molar-refractivity contribution is 5.90. The minimum absolute atomic E-state index is 0.0983. The molecule has 1 aliphatic rings. The number of carbonyl (C=O) groups is 1. The maximum Gasteiger partial charge on any atom is 0.417 e. The highest BCUT2D eigenvalue weighted by atomic mass is 19.4. The van der Waals surface area contributed by atoms with Crippen LogP contribution >= 0.6 is 0 Å². The summed E-state index contributed by atoms with van der Waals surface area (Å²) >= 11 is 0. The number of rotatable bonds is 4. The molecule has 164 valence electrons. The van der Waals surface area contributed by atoms with Crippen molar-refractivity contribution in [3.8, 4) is 5.75 Å². The molecular weight excluding hydrogens is 418 g/mol. The van der Waals surface area contributed by atoms with E-state index in [2.05, 4.69) is 15.2 Å². The van der Waals surface area contributed by atoms with Gasteiger partial charge >= 0.3 is 6.18 Å². The highest BCUT2D eigenvalue weighted by Crippen LogP contribution is 2.39. The van der Waals surface area contributed by atoms with Gasteiger partial charge in [-0.1, -0.05) is 0 Å². The third-order valence-corrected chi connectivity index (χ3v) is 5.22. The highest BCUT2D eigenvalue weighted by Gasteiger charge is 2.37. The van der Waals surface area contributed by atoms with E-state index in [-0.39, 0.29) is 29.2 Å². The van der Waals surface area contributed by atoms with Crippen LogP contribution in [-0.4, -0.2) is 39.1 Å². The van der Waals surface area contributed by atoms with Gasteiger partial charge in [0.1, 0.15) is 17.4 Å². The number of piperidine rings is 1. The van der Waals surface area contributed by atoms with Gasteiger partial charge in [0.15, 0.2) is 12.3 Å². The zero-order valence-corrected chi connectivity index (χ0v) is 16.2. The van der Waals surface area contributed by atoms with Crippen molar-refractivity contribution in [2.45, 2.75) is 31.5 Å². The number of halogens is 4. The van der Waals surface area contributed by atoms with E-state index in [1.54, 1.807) is 0 Å². The number of benzene rings is 1. The van der Waals surface area contributed by atoms with Crippen molar-refractivity contribution in [2.24, 2.45) is 0 Å². The van der Waals surface area contributed by atoms with Crippen molar-refractivity contribution in [3.05, 3.63) is 47.4 Å². The number of nitrogens with one attached hydrogen (secondary N) is 1. The van der Waals surface area contributed by atoms with Gasteiger partial charge in [0, 0.05) is 6.54 Å². The predicted octanol–water partition coefficient (Wildman–Crippen LogP) is 3.83. The number of likely N-dealkylation sites (tertiary alicyclic amines) is 1. The van der Waals surface area contributed by atoms with Crippen LogP contribution in [0.5, 0.6) is 5.75 Å². The topological polar surface area (TPSA) is 97.1 Å². The van der Waals surface area contributed by atoms with Crippen LogP contribution in [0.3, 0.4) is 0 Å².